The molecule has 0 amide bonds. The summed E-state index contributed by atoms with van der Waals surface area (Å²) >= 11 is 0. The molecule has 0 aliphatic rings. The SMILES string of the molecule is CCc1nn(C)cc1CN=C(N)NCCc1ccc(OC)c(OC)c1.I. The normalized spacial score (nSPS) is 11.0. The maximum Gasteiger partial charge on any atom is 0.188 e. The summed E-state index contributed by atoms with van der Waals surface area (Å²) in [6.07, 6.45) is 3.68. The van der Waals surface area contributed by atoms with Gasteiger partial charge in [0.15, 0.2) is 17.5 Å². The molecule has 0 radical (unpaired) electrons. The Kier molecular flexibility index (Phi) is 9.25. The molecule has 0 aliphatic heterocycles. The van der Waals surface area contributed by atoms with Gasteiger partial charge in [-0.15, -0.1) is 24.0 Å². The van der Waals surface area contributed by atoms with Crippen LogP contribution in [0.5, 0.6) is 11.5 Å². The molecule has 2 rings (SSSR count). The van der Waals surface area contributed by atoms with Crippen LogP contribution in [-0.4, -0.2) is 36.5 Å². The van der Waals surface area contributed by atoms with Gasteiger partial charge in [-0.3, -0.25) is 4.68 Å². The Morgan fingerprint density at radius 1 is 1.27 bits per heavy atom. The minimum Gasteiger partial charge on any atom is -0.493 e. The van der Waals surface area contributed by atoms with E-state index in [2.05, 4.69) is 22.3 Å². The van der Waals surface area contributed by atoms with E-state index in [-0.39, 0.29) is 24.0 Å². The summed E-state index contributed by atoms with van der Waals surface area (Å²) in [7, 11) is 5.17. The minimum absolute atomic E-state index is 0. The average molecular weight is 473 g/mol. The van der Waals surface area contributed by atoms with Gasteiger partial charge in [-0.2, -0.15) is 5.10 Å². The van der Waals surface area contributed by atoms with E-state index in [1.165, 1.54) is 0 Å². The molecule has 3 N–H and O–H groups in total. The van der Waals surface area contributed by atoms with Crippen molar-refractivity contribution >= 4 is 29.9 Å². The molecule has 144 valence electrons. The van der Waals surface area contributed by atoms with Crippen LogP contribution in [0.1, 0.15) is 23.7 Å². The number of nitrogens with two attached hydrogens (primary N) is 1. The number of benzene rings is 1. The van der Waals surface area contributed by atoms with E-state index in [0.29, 0.717) is 19.0 Å². The highest BCUT2D eigenvalue weighted by molar-refractivity contribution is 14.0. The van der Waals surface area contributed by atoms with Gasteiger partial charge in [-0.1, -0.05) is 13.0 Å². The standard InChI is InChI=1S/C18H27N5O2.HI/c1-5-15-14(12-23(2)22-15)11-21-18(19)20-9-8-13-6-7-16(24-3)17(10-13)25-4;/h6-7,10,12H,5,8-9,11H2,1-4H3,(H3,19,20,21);1H. The van der Waals surface area contributed by atoms with E-state index in [9.17, 15) is 0 Å². The summed E-state index contributed by atoms with van der Waals surface area (Å²) in [5.41, 5.74) is 9.26. The van der Waals surface area contributed by atoms with Crippen molar-refractivity contribution < 1.29 is 9.47 Å². The van der Waals surface area contributed by atoms with Crippen LogP contribution in [0.4, 0.5) is 0 Å². The molecule has 0 unspecified atom stereocenters. The number of aromatic nitrogens is 2. The summed E-state index contributed by atoms with van der Waals surface area (Å²) < 4.78 is 12.4. The lowest BCUT2D eigenvalue weighted by Crippen LogP contribution is -2.33. The molecule has 1 aromatic carbocycles. The van der Waals surface area contributed by atoms with Crippen molar-refractivity contribution in [1.29, 1.82) is 0 Å². The molecule has 0 spiro atoms. The largest absolute Gasteiger partial charge is 0.493 e. The summed E-state index contributed by atoms with van der Waals surface area (Å²) in [4.78, 5) is 4.39. The average Bonchev–Trinajstić information content (AvgIpc) is 2.99. The smallest absolute Gasteiger partial charge is 0.188 e. The maximum absolute atomic E-state index is 5.95. The number of aryl methyl sites for hydroxylation is 2. The number of guanidine groups is 1. The Morgan fingerprint density at radius 3 is 2.65 bits per heavy atom. The van der Waals surface area contributed by atoms with Crippen LogP contribution in [0.25, 0.3) is 0 Å². The molecular weight excluding hydrogens is 445 g/mol. The zero-order chi connectivity index (χ0) is 18.2. The predicted octanol–water partition coefficient (Wildman–Crippen LogP) is 2.26. The summed E-state index contributed by atoms with van der Waals surface area (Å²) in [5.74, 6) is 1.89. The molecule has 1 aromatic heterocycles. The zero-order valence-corrected chi connectivity index (χ0v) is 18.1. The lowest BCUT2D eigenvalue weighted by Gasteiger charge is -2.10. The molecular formula is C18H28IN5O2. The van der Waals surface area contributed by atoms with E-state index in [1.807, 2.05) is 36.1 Å². The van der Waals surface area contributed by atoms with Gasteiger partial charge in [0.05, 0.1) is 26.5 Å². The molecule has 26 heavy (non-hydrogen) atoms. The molecule has 0 bridgehead atoms. The second-order valence-electron chi connectivity index (χ2n) is 5.70. The number of halogens is 1. The molecule has 0 atom stereocenters. The number of methoxy groups -OCH3 is 2. The van der Waals surface area contributed by atoms with Crippen LogP contribution in [0.15, 0.2) is 29.4 Å². The molecule has 2 aromatic rings. The Labute approximate surface area is 172 Å². The van der Waals surface area contributed by atoms with Crippen molar-refractivity contribution in [2.75, 3.05) is 20.8 Å². The number of nitrogens with zero attached hydrogens (tertiary/aromatic N) is 3. The number of hydrogen-bond donors (Lipinski definition) is 2. The Morgan fingerprint density at radius 2 is 2.00 bits per heavy atom. The van der Waals surface area contributed by atoms with Crippen LogP contribution in [0.2, 0.25) is 0 Å². The molecule has 0 fully saturated rings. The third kappa shape index (κ3) is 6.08. The van der Waals surface area contributed by atoms with Crippen LogP contribution in [0.3, 0.4) is 0 Å². The van der Waals surface area contributed by atoms with E-state index in [1.54, 1.807) is 14.2 Å². The number of nitrogens with one attached hydrogen (secondary N) is 1. The van der Waals surface area contributed by atoms with Gasteiger partial charge in [-0.25, -0.2) is 4.99 Å². The third-order valence-electron chi connectivity index (χ3n) is 3.91. The highest BCUT2D eigenvalue weighted by atomic mass is 127. The zero-order valence-electron chi connectivity index (χ0n) is 15.8. The highest BCUT2D eigenvalue weighted by Crippen LogP contribution is 2.27. The van der Waals surface area contributed by atoms with E-state index < -0.39 is 0 Å². The quantitative estimate of drug-likeness (QED) is 0.349. The fourth-order valence-electron chi connectivity index (χ4n) is 2.61. The molecule has 1 heterocycles. The fraction of sp³-hybridized carbons (Fsp3) is 0.444. The van der Waals surface area contributed by atoms with Gasteiger partial charge in [0, 0.05) is 25.4 Å². The first-order valence-electron chi connectivity index (χ1n) is 8.33. The van der Waals surface area contributed by atoms with Crippen molar-refractivity contribution in [1.82, 2.24) is 15.1 Å². The van der Waals surface area contributed by atoms with Crippen LogP contribution < -0.4 is 20.5 Å². The topological polar surface area (TPSA) is 86.7 Å². The van der Waals surface area contributed by atoms with Gasteiger partial charge in [0.2, 0.25) is 0 Å². The molecule has 0 saturated heterocycles. The molecule has 0 saturated carbocycles. The Balaban J connectivity index is 0.00000338. The first kappa shape index (κ1) is 22.1. The van der Waals surface area contributed by atoms with Crippen molar-refractivity contribution in [2.24, 2.45) is 17.8 Å². The van der Waals surface area contributed by atoms with E-state index >= 15 is 0 Å². The number of aliphatic imine (C=N–C) groups is 1. The van der Waals surface area contributed by atoms with Crippen LogP contribution in [0, 0.1) is 0 Å². The monoisotopic (exact) mass is 473 g/mol. The number of rotatable bonds is 8. The first-order valence-corrected chi connectivity index (χ1v) is 8.33. The predicted molar refractivity (Wildman–Crippen MR) is 115 cm³/mol. The molecule has 0 aliphatic carbocycles. The Hall–Kier alpha value is -1.97. The first-order chi connectivity index (χ1) is 12.1. The van der Waals surface area contributed by atoms with E-state index in [0.717, 1.165) is 41.2 Å². The van der Waals surface area contributed by atoms with Crippen molar-refractivity contribution in [3.05, 3.63) is 41.2 Å². The van der Waals surface area contributed by atoms with Gasteiger partial charge < -0.3 is 20.5 Å². The minimum atomic E-state index is 0. The van der Waals surface area contributed by atoms with Gasteiger partial charge in [0.25, 0.3) is 0 Å². The lowest BCUT2D eigenvalue weighted by atomic mass is 10.1. The van der Waals surface area contributed by atoms with E-state index in [4.69, 9.17) is 15.2 Å². The van der Waals surface area contributed by atoms with Crippen molar-refractivity contribution in [2.45, 2.75) is 26.3 Å². The fourth-order valence-corrected chi connectivity index (χ4v) is 2.61. The number of hydrogen-bond acceptors (Lipinski definition) is 4. The van der Waals surface area contributed by atoms with Gasteiger partial charge in [0.1, 0.15) is 0 Å². The summed E-state index contributed by atoms with van der Waals surface area (Å²) in [6.45, 7) is 3.31. The van der Waals surface area contributed by atoms with Gasteiger partial charge in [-0.05, 0) is 30.5 Å². The number of ether oxygens (including phenoxy) is 2. The summed E-state index contributed by atoms with van der Waals surface area (Å²) in [6, 6.07) is 5.89. The second kappa shape index (κ2) is 10.9. The summed E-state index contributed by atoms with van der Waals surface area (Å²) in [5, 5.41) is 7.54. The molecule has 8 heteroatoms. The van der Waals surface area contributed by atoms with Crippen molar-refractivity contribution in [3.8, 4) is 11.5 Å². The highest BCUT2D eigenvalue weighted by Gasteiger charge is 2.06. The van der Waals surface area contributed by atoms with Crippen molar-refractivity contribution in [3.63, 3.8) is 0 Å². The maximum atomic E-state index is 5.95. The molecule has 7 nitrogen and oxygen atoms in total. The Bertz CT molecular complexity index is 730. The van der Waals surface area contributed by atoms with Crippen LogP contribution >= 0.6 is 24.0 Å². The third-order valence-corrected chi connectivity index (χ3v) is 3.91. The van der Waals surface area contributed by atoms with Crippen LogP contribution in [-0.2, 0) is 26.4 Å². The second-order valence-corrected chi connectivity index (χ2v) is 5.70. The lowest BCUT2D eigenvalue weighted by molar-refractivity contribution is 0.354. The van der Waals surface area contributed by atoms with Gasteiger partial charge >= 0.3 is 0 Å².